The Morgan fingerprint density at radius 1 is 1.07 bits per heavy atom. The lowest BCUT2D eigenvalue weighted by Crippen LogP contribution is -2.67. The van der Waals surface area contributed by atoms with Gasteiger partial charge in [0, 0.05) is 12.3 Å². The number of aliphatic hydroxyl groups excluding tert-OH is 1. The molecule has 1 fully saturated rings. The zero-order valence-electron chi connectivity index (χ0n) is 17.2. The van der Waals surface area contributed by atoms with E-state index in [2.05, 4.69) is 75.9 Å². The van der Waals surface area contributed by atoms with Crippen LogP contribution >= 0.6 is 0 Å². The summed E-state index contributed by atoms with van der Waals surface area (Å²) in [7, 11) is -2.56. The molecule has 2 aromatic rings. The van der Waals surface area contributed by atoms with Crippen LogP contribution in [0.15, 0.2) is 73.3 Å². The van der Waals surface area contributed by atoms with E-state index in [-0.39, 0.29) is 17.1 Å². The Morgan fingerprint density at radius 3 is 2.04 bits per heavy atom. The Labute approximate surface area is 170 Å². The minimum Gasteiger partial charge on any atom is -0.405 e. The van der Waals surface area contributed by atoms with Crippen LogP contribution in [-0.2, 0) is 9.16 Å². The highest BCUT2D eigenvalue weighted by Gasteiger charge is 2.50. The zero-order valence-corrected chi connectivity index (χ0v) is 18.2. The molecule has 1 aliphatic rings. The van der Waals surface area contributed by atoms with Gasteiger partial charge in [-0.05, 0) is 15.4 Å². The van der Waals surface area contributed by atoms with Crippen molar-refractivity contribution in [3.05, 3.63) is 73.3 Å². The van der Waals surface area contributed by atoms with Crippen molar-refractivity contribution in [1.29, 1.82) is 0 Å². The Kier molecular flexibility index (Phi) is 6.56. The number of ether oxygens (including phenoxy) is 1. The van der Waals surface area contributed by atoms with Gasteiger partial charge < -0.3 is 14.3 Å². The van der Waals surface area contributed by atoms with E-state index < -0.39 is 14.4 Å². The van der Waals surface area contributed by atoms with Crippen molar-refractivity contribution in [3.8, 4) is 0 Å². The summed E-state index contributed by atoms with van der Waals surface area (Å²) in [5, 5.41) is 12.8. The van der Waals surface area contributed by atoms with Gasteiger partial charge in [0.1, 0.15) is 0 Å². The second-order valence-electron chi connectivity index (χ2n) is 8.63. The molecule has 0 spiro atoms. The first-order valence-corrected chi connectivity index (χ1v) is 12.0. The lowest BCUT2D eigenvalue weighted by molar-refractivity contribution is -0.0837. The maximum absolute atomic E-state index is 10.4. The van der Waals surface area contributed by atoms with Gasteiger partial charge in [0.15, 0.2) is 0 Å². The van der Waals surface area contributed by atoms with Gasteiger partial charge in [-0.15, -0.1) is 6.58 Å². The summed E-state index contributed by atoms with van der Waals surface area (Å²) in [5.41, 5.74) is 0. The molecule has 4 heteroatoms. The number of aliphatic hydroxyl groups is 1. The van der Waals surface area contributed by atoms with Crippen molar-refractivity contribution in [2.45, 2.75) is 44.4 Å². The fourth-order valence-electron chi connectivity index (χ4n) is 4.19. The second-order valence-corrected chi connectivity index (χ2v) is 12.9. The molecular formula is C24H32O3Si. The molecule has 2 aromatic carbocycles. The Balaban J connectivity index is 1.94. The predicted molar refractivity (Wildman–Crippen MR) is 118 cm³/mol. The average molecular weight is 397 g/mol. The molecule has 0 saturated carbocycles. The molecule has 0 radical (unpaired) electrons. The van der Waals surface area contributed by atoms with Gasteiger partial charge in [0.2, 0.25) is 0 Å². The van der Waals surface area contributed by atoms with Gasteiger partial charge in [-0.3, -0.25) is 0 Å². The molecule has 0 aromatic heterocycles. The Hall–Kier alpha value is -1.72. The smallest absolute Gasteiger partial charge is 0.261 e. The van der Waals surface area contributed by atoms with Crippen LogP contribution < -0.4 is 10.4 Å². The molecule has 3 nitrogen and oxygen atoms in total. The van der Waals surface area contributed by atoms with Gasteiger partial charge >= 0.3 is 0 Å². The summed E-state index contributed by atoms with van der Waals surface area (Å²) in [4.78, 5) is 0. The van der Waals surface area contributed by atoms with E-state index in [0.29, 0.717) is 19.6 Å². The van der Waals surface area contributed by atoms with E-state index in [1.165, 1.54) is 10.4 Å². The number of benzene rings is 2. The Bertz CT molecular complexity index is 715. The molecule has 1 N–H and O–H groups in total. The summed E-state index contributed by atoms with van der Waals surface area (Å²) < 4.78 is 12.9. The lowest BCUT2D eigenvalue weighted by atomic mass is 9.95. The molecule has 150 valence electrons. The molecule has 3 atom stereocenters. The van der Waals surface area contributed by atoms with Crippen LogP contribution in [0.1, 0.15) is 27.2 Å². The summed E-state index contributed by atoms with van der Waals surface area (Å²) in [6.45, 7) is 11.6. The standard InChI is InChI=1S/C24H32O3Si/c1-5-19-17-26-20(16-23(19)25)18-27-28(24(2,3)4,21-12-8-6-9-13-21)22-14-10-7-11-15-22/h5-15,19-20,23,25H,1,16-18H2,2-4H3/t19-,20-,23+/m0/s1. The average Bonchev–Trinajstić information content (AvgIpc) is 2.69. The van der Waals surface area contributed by atoms with Gasteiger partial charge in [-0.25, -0.2) is 0 Å². The van der Waals surface area contributed by atoms with E-state index in [1.54, 1.807) is 6.08 Å². The Morgan fingerprint density at radius 2 is 1.61 bits per heavy atom. The van der Waals surface area contributed by atoms with Crippen LogP contribution in [0.3, 0.4) is 0 Å². The first-order valence-electron chi connectivity index (χ1n) is 10.1. The van der Waals surface area contributed by atoms with Crippen molar-refractivity contribution in [3.63, 3.8) is 0 Å². The minimum atomic E-state index is -2.56. The van der Waals surface area contributed by atoms with Crippen LogP contribution in [0.2, 0.25) is 5.04 Å². The van der Waals surface area contributed by atoms with Crippen molar-refractivity contribution >= 4 is 18.7 Å². The topological polar surface area (TPSA) is 38.7 Å². The fraction of sp³-hybridized carbons (Fsp3) is 0.417. The number of hydrogen-bond donors (Lipinski definition) is 1. The first kappa shape index (κ1) is 21.0. The summed E-state index contributed by atoms with van der Waals surface area (Å²) in [6.07, 6.45) is 1.84. The second kappa shape index (κ2) is 8.74. The van der Waals surface area contributed by atoms with Crippen molar-refractivity contribution in [2.75, 3.05) is 13.2 Å². The van der Waals surface area contributed by atoms with Crippen molar-refractivity contribution in [1.82, 2.24) is 0 Å². The van der Waals surface area contributed by atoms with E-state index >= 15 is 0 Å². The van der Waals surface area contributed by atoms with E-state index in [9.17, 15) is 5.11 Å². The maximum Gasteiger partial charge on any atom is 0.261 e. The maximum atomic E-state index is 10.4. The normalized spacial score (nSPS) is 23.4. The van der Waals surface area contributed by atoms with E-state index in [4.69, 9.17) is 9.16 Å². The molecule has 0 aliphatic carbocycles. The quantitative estimate of drug-likeness (QED) is 0.600. The number of rotatable bonds is 6. The summed E-state index contributed by atoms with van der Waals surface area (Å²) in [5.74, 6) is 0.00381. The van der Waals surface area contributed by atoms with Crippen LogP contribution in [0.4, 0.5) is 0 Å². The van der Waals surface area contributed by atoms with Gasteiger partial charge in [-0.2, -0.15) is 0 Å². The highest BCUT2D eigenvalue weighted by atomic mass is 28.4. The van der Waals surface area contributed by atoms with Crippen LogP contribution in [-0.4, -0.2) is 38.8 Å². The third kappa shape index (κ3) is 4.15. The van der Waals surface area contributed by atoms with Gasteiger partial charge in [-0.1, -0.05) is 87.5 Å². The van der Waals surface area contributed by atoms with Crippen LogP contribution in [0, 0.1) is 5.92 Å². The minimum absolute atomic E-state index is 0.00381. The van der Waals surface area contributed by atoms with Gasteiger partial charge in [0.25, 0.3) is 8.32 Å². The predicted octanol–water partition coefficient (Wildman–Crippen LogP) is 3.52. The molecule has 0 bridgehead atoms. The SMILES string of the molecule is C=C[C@H]1CO[C@H](CO[Si](c2ccccc2)(c2ccccc2)C(C)(C)C)C[C@H]1O. The molecular weight excluding hydrogens is 364 g/mol. The largest absolute Gasteiger partial charge is 0.405 e. The third-order valence-corrected chi connectivity index (χ3v) is 10.7. The van der Waals surface area contributed by atoms with Crippen molar-refractivity contribution in [2.24, 2.45) is 5.92 Å². The molecule has 0 unspecified atom stereocenters. The molecule has 3 rings (SSSR count). The molecule has 0 amide bonds. The van der Waals surface area contributed by atoms with Crippen LogP contribution in [0.5, 0.6) is 0 Å². The van der Waals surface area contributed by atoms with E-state index in [0.717, 1.165) is 0 Å². The molecule has 1 heterocycles. The lowest BCUT2D eigenvalue weighted by Gasteiger charge is -2.44. The molecule has 1 aliphatic heterocycles. The first-order chi connectivity index (χ1) is 13.4. The molecule has 28 heavy (non-hydrogen) atoms. The highest BCUT2D eigenvalue weighted by Crippen LogP contribution is 2.37. The fourth-order valence-corrected chi connectivity index (χ4v) is 8.78. The summed E-state index contributed by atoms with van der Waals surface area (Å²) in [6, 6.07) is 21.2. The van der Waals surface area contributed by atoms with Crippen LogP contribution in [0.25, 0.3) is 0 Å². The molecule has 1 saturated heterocycles. The van der Waals surface area contributed by atoms with Crippen molar-refractivity contribution < 1.29 is 14.3 Å². The highest BCUT2D eigenvalue weighted by molar-refractivity contribution is 6.99. The monoisotopic (exact) mass is 396 g/mol. The van der Waals surface area contributed by atoms with E-state index in [1.807, 2.05) is 12.1 Å². The summed E-state index contributed by atoms with van der Waals surface area (Å²) >= 11 is 0. The number of hydrogen-bond acceptors (Lipinski definition) is 3. The van der Waals surface area contributed by atoms with Gasteiger partial charge in [0.05, 0.1) is 25.4 Å². The zero-order chi connectivity index (χ0) is 20.2. The third-order valence-electron chi connectivity index (χ3n) is 5.73.